The summed E-state index contributed by atoms with van der Waals surface area (Å²) in [4.78, 5) is 19.6. The predicted molar refractivity (Wildman–Crippen MR) is 114 cm³/mol. The molecule has 4 nitrogen and oxygen atoms in total. The lowest BCUT2D eigenvalue weighted by Crippen LogP contribution is -2.53. The van der Waals surface area contributed by atoms with Crippen molar-refractivity contribution in [2.24, 2.45) is 11.3 Å². The van der Waals surface area contributed by atoms with E-state index >= 15 is 0 Å². The number of piperidine rings is 1. The Balaban J connectivity index is 1.72. The van der Waals surface area contributed by atoms with Gasteiger partial charge in [-0.2, -0.15) is 0 Å². The number of anilines is 1. The highest BCUT2D eigenvalue weighted by Crippen LogP contribution is 2.42. The molecule has 0 bridgehead atoms. The second-order valence-corrected chi connectivity index (χ2v) is 9.68. The maximum atomic E-state index is 13.3. The van der Waals surface area contributed by atoms with Crippen LogP contribution in [0.25, 0.3) is 0 Å². The summed E-state index contributed by atoms with van der Waals surface area (Å²) in [6, 6.07) is 7.90. The van der Waals surface area contributed by atoms with Crippen LogP contribution in [0.2, 0.25) is 5.02 Å². The molecule has 1 amide bonds. The zero-order valence-electron chi connectivity index (χ0n) is 16.4. The summed E-state index contributed by atoms with van der Waals surface area (Å²) in [5, 5.41) is 6.82. The fraction of sp³-hybridized carbons (Fsp3) is 0.524. The van der Waals surface area contributed by atoms with Gasteiger partial charge in [-0.05, 0) is 41.4 Å². The number of hydrogen-bond acceptors (Lipinski definition) is 4. The molecule has 1 N–H and O–H groups in total. The number of nitrogens with zero attached hydrogens (tertiary/aromatic N) is 2. The van der Waals surface area contributed by atoms with Crippen molar-refractivity contribution in [3.8, 4) is 0 Å². The van der Waals surface area contributed by atoms with Gasteiger partial charge in [-0.15, -0.1) is 11.3 Å². The summed E-state index contributed by atoms with van der Waals surface area (Å²) in [5.41, 5.74) is 1.31. The second-order valence-electron chi connectivity index (χ2n) is 8.34. The number of likely N-dealkylation sites (tertiary alicyclic amines) is 1. The lowest BCUT2D eigenvalue weighted by molar-refractivity contribution is -0.136. The van der Waals surface area contributed by atoms with Gasteiger partial charge in [0.05, 0.1) is 0 Å². The third-order valence-electron chi connectivity index (χ3n) is 5.46. The van der Waals surface area contributed by atoms with Crippen molar-refractivity contribution in [3.05, 3.63) is 46.4 Å². The first kappa shape index (κ1) is 20.2. The Labute approximate surface area is 170 Å². The van der Waals surface area contributed by atoms with Gasteiger partial charge in [0, 0.05) is 29.7 Å². The molecule has 2 aromatic rings. The lowest BCUT2D eigenvalue weighted by Gasteiger charge is -2.45. The summed E-state index contributed by atoms with van der Waals surface area (Å²) >= 11 is 7.57. The van der Waals surface area contributed by atoms with Crippen molar-refractivity contribution < 1.29 is 4.79 Å². The van der Waals surface area contributed by atoms with Crippen molar-refractivity contribution >= 4 is 34.0 Å². The lowest BCUT2D eigenvalue weighted by atomic mass is 9.70. The van der Waals surface area contributed by atoms with E-state index in [0.717, 1.165) is 29.7 Å². The monoisotopic (exact) mass is 405 g/mol. The maximum Gasteiger partial charge on any atom is 0.245 e. The van der Waals surface area contributed by atoms with E-state index in [4.69, 9.17) is 11.6 Å². The van der Waals surface area contributed by atoms with Crippen LogP contribution in [0.15, 0.2) is 35.8 Å². The molecular weight excluding hydrogens is 378 g/mol. The van der Waals surface area contributed by atoms with Crippen molar-refractivity contribution in [2.75, 3.05) is 18.4 Å². The quantitative estimate of drug-likeness (QED) is 0.736. The summed E-state index contributed by atoms with van der Waals surface area (Å²) in [6.45, 7) is 10.2. The van der Waals surface area contributed by atoms with Crippen LogP contribution in [-0.2, 0) is 4.79 Å². The number of nitrogens with one attached hydrogen (secondary N) is 1. The minimum absolute atomic E-state index is 0.00442. The van der Waals surface area contributed by atoms with Gasteiger partial charge in [0.1, 0.15) is 6.04 Å². The first-order valence-electron chi connectivity index (χ1n) is 9.48. The van der Waals surface area contributed by atoms with Gasteiger partial charge in [0.15, 0.2) is 5.13 Å². The molecule has 1 fully saturated rings. The van der Waals surface area contributed by atoms with Crippen LogP contribution in [-0.4, -0.2) is 34.9 Å². The van der Waals surface area contributed by atoms with Gasteiger partial charge in [0.2, 0.25) is 5.91 Å². The van der Waals surface area contributed by atoms with E-state index in [1.54, 1.807) is 6.20 Å². The molecule has 1 unspecified atom stereocenters. The minimum atomic E-state index is -0.251. The summed E-state index contributed by atoms with van der Waals surface area (Å²) < 4.78 is 0. The Kier molecular flexibility index (Phi) is 6.11. The fourth-order valence-electron chi connectivity index (χ4n) is 4.00. The molecule has 1 aromatic heterocycles. The number of carbonyl (C=O) groups is 1. The zero-order chi connectivity index (χ0) is 19.6. The summed E-state index contributed by atoms with van der Waals surface area (Å²) in [5.74, 6) is 0.782. The molecule has 1 aliphatic heterocycles. The first-order chi connectivity index (χ1) is 12.8. The number of amides is 1. The SMILES string of the molecule is CC(C)[C@@H](Nc1nccs1)C(=O)N1CCC(c2ccc(Cl)cc2)C(C)(C)C1. The number of halogens is 1. The maximum absolute atomic E-state index is 13.3. The van der Waals surface area contributed by atoms with Gasteiger partial charge in [-0.3, -0.25) is 4.79 Å². The Morgan fingerprint density at radius 2 is 2.04 bits per heavy atom. The van der Waals surface area contributed by atoms with Gasteiger partial charge < -0.3 is 10.2 Å². The fourth-order valence-corrected chi connectivity index (χ4v) is 4.69. The van der Waals surface area contributed by atoms with E-state index in [1.165, 1.54) is 16.9 Å². The smallest absolute Gasteiger partial charge is 0.245 e. The molecule has 146 valence electrons. The molecule has 0 radical (unpaired) electrons. The zero-order valence-corrected chi connectivity index (χ0v) is 18.0. The van der Waals surface area contributed by atoms with Crippen LogP contribution in [0.5, 0.6) is 0 Å². The Hall–Kier alpha value is -1.59. The molecule has 0 aliphatic carbocycles. The first-order valence-corrected chi connectivity index (χ1v) is 10.7. The largest absolute Gasteiger partial charge is 0.350 e. The standard InChI is InChI=1S/C21H28ClN3OS/c1-14(2)18(24-20-23-10-12-27-20)19(26)25-11-9-17(21(3,4)13-25)15-5-7-16(22)8-6-15/h5-8,10,12,14,17-18H,9,11,13H2,1-4H3,(H,23,24)/t17?,18-/m1/s1. The van der Waals surface area contributed by atoms with E-state index < -0.39 is 0 Å². The molecular formula is C21H28ClN3OS. The van der Waals surface area contributed by atoms with Crippen LogP contribution in [0, 0.1) is 11.3 Å². The van der Waals surface area contributed by atoms with Crippen LogP contribution in [0.1, 0.15) is 45.6 Å². The molecule has 2 heterocycles. The van der Waals surface area contributed by atoms with E-state index in [-0.39, 0.29) is 23.3 Å². The van der Waals surface area contributed by atoms with Gasteiger partial charge in [-0.1, -0.05) is 51.4 Å². The molecule has 0 spiro atoms. The van der Waals surface area contributed by atoms with Crippen LogP contribution in [0.4, 0.5) is 5.13 Å². The van der Waals surface area contributed by atoms with Crippen molar-refractivity contribution in [2.45, 2.75) is 46.1 Å². The second kappa shape index (κ2) is 8.19. The van der Waals surface area contributed by atoms with Crippen molar-refractivity contribution in [3.63, 3.8) is 0 Å². The third-order valence-corrected chi connectivity index (χ3v) is 6.41. The highest BCUT2D eigenvalue weighted by Gasteiger charge is 2.40. The van der Waals surface area contributed by atoms with E-state index in [0.29, 0.717) is 5.92 Å². The molecule has 1 aromatic carbocycles. The van der Waals surface area contributed by atoms with E-state index in [9.17, 15) is 4.79 Å². The van der Waals surface area contributed by atoms with Crippen LogP contribution >= 0.6 is 22.9 Å². The normalized spacial score (nSPS) is 20.5. The Morgan fingerprint density at radius 1 is 1.33 bits per heavy atom. The highest BCUT2D eigenvalue weighted by atomic mass is 35.5. The minimum Gasteiger partial charge on any atom is -0.350 e. The molecule has 6 heteroatoms. The van der Waals surface area contributed by atoms with Gasteiger partial charge >= 0.3 is 0 Å². The average Bonchev–Trinajstić information content (AvgIpc) is 3.12. The van der Waals surface area contributed by atoms with E-state index in [2.05, 4.69) is 50.1 Å². The molecule has 1 saturated heterocycles. The van der Waals surface area contributed by atoms with Gasteiger partial charge in [-0.25, -0.2) is 4.98 Å². The Bertz CT molecular complexity index is 758. The van der Waals surface area contributed by atoms with Gasteiger partial charge in [0.25, 0.3) is 0 Å². The molecule has 2 atom stereocenters. The number of benzene rings is 1. The van der Waals surface area contributed by atoms with E-state index in [1.807, 2.05) is 22.4 Å². The summed E-state index contributed by atoms with van der Waals surface area (Å²) in [6.07, 6.45) is 2.72. The van der Waals surface area contributed by atoms with Crippen molar-refractivity contribution in [1.29, 1.82) is 0 Å². The predicted octanol–water partition coefficient (Wildman–Crippen LogP) is 5.28. The topological polar surface area (TPSA) is 45.2 Å². The molecule has 0 saturated carbocycles. The van der Waals surface area contributed by atoms with Crippen molar-refractivity contribution in [1.82, 2.24) is 9.88 Å². The number of rotatable bonds is 5. The molecule has 3 rings (SSSR count). The Morgan fingerprint density at radius 3 is 2.59 bits per heavy atom. The average molecular weight is 406 g/mol. The van der Waals surface area contributed by atoms with Crippen LogP contribution in [0.3, 0.4) is 0 Å². The third kappa shape index (κ3) is 4.64. The molecule has 27 heavy (non-hydrogen) atoms. The van der Waals surface area contributed by atoms with Crippen LogP contribution < -0.4 is 5.32 Å². The number of carbonyl (C=O) groups excluding carboxylic acids is 1. The molecule has 1 aliphatic rings. The highest BCUT2D eigenvalue weighted by molar-refractivity contribution is 7.13. The summed E-state index contributed by atoms with van der Waals surface area (Å²) in [7, 11) is 0. The number of hydrogen-bond donors (Lipinski definition) is 1. The number of aromatic nitrogens is 1. The number of thiazole rings is 1.